The second-order valence-electron chi connectivity index (χ2n) is 5.18. The average molecular weight is 262 g/mol. The van der Waals surface area contributed by atoms with Crippen molar-refractivity contribution in [2.45, 2.75) is 39.3 Å². The van der Waals surface area contributed by atoms with Crippen LogP contribution in [0.25, 0.3) is 0 Å². The first kappa shape index (κ1) is 13.4. The van der Waals surface area contributed by atoms with Crippen molar-refractivity contribution in [3.8, 4) is 5.75 Å². The molecule has 5 nitrogen and oxygen atoms in total. The number of nitrogens with one attached hydrogen (secondary N) is 2. The van der Waals surface area contributed by atoms with Crippen LogP contribution >= 0.6 is 0 Å². The van der Waals surface area contributed by atoms with Crippen molar-refractivity contribution in [2.75, 3.05) is 0 Å². The highest BCUT2D eigenvalue weighted by atomic mass is 16.5. The van der Waals surface area contributed by atoms with E-state index in [1.165, 1.54) is 0 Å². The van der Waals surface area contributed by atoms with Gasteiger partial charge in [0.1, 0.15) is 11.3 Å². The summed E-state index contributed by atoms with van der Waals surface area (Å²) in [5.74, 6) is 0.446. The number of rotatable bonds is 3. The van der Waals surface area contributed by atoms with Crippen LogP contribution in [0.3, 0.4) is 0 Å². The van der Waals surface area contributed by atoms with Gasteiger partial charge in [-0.25, -0.2) is 4.79 Å². The van der Waals surface area contributed by atoms with Gasteiger partial charge in [-0.15, -0.1) is 0 Å². The molecule has 102 valence electrons. The van der Waals surface area contributed by atoms with Crippen LogP contribution in [-0.2, 0) is 10.3 Å². The number of imide groups is 1. The molecule has 0 saturated carbocycles. The SMILES string of the molecule is Cc1cc(C2(C)NC(=O)NC2=O)ccc1OC(C)C. The first-order valence-corrected chi connectivity index (χ1v) is 6.24. The van der Waals surface area contributed by atoms with Gasteiger partial charge in [-0.3, -0.25) is 10.1 Å². The highest BCUT2D eigenvalue weighted by molar-refractivity contribution is 6.07. The molecule has 2 N–H and O–H groups in total. The smallest absolute Gasteiger partial charge is 0.322 e. The average Bonchev–Trinajstić information content (AvgIpc) is 2.56. The zero-order valence-corrected chi connectivity index (χ0v) is 11.5. The molecule has 2 rings (SSSR count). The largest absolute Gasteiger partial charge is 0.491 e. The molecular weight excluding hydrogens is 244 g/mol. The second kappa shape index (κ2) is 4.57. The molecule has 0 bridgehead atoms. The standard InChI is InChI=1S/C14H18N2O3/c1-8(2)19-11-6-5-10(7-9(11)3)14(4)12(17)15-13(18)16-14/h5-8H,1-4H3,(H2,15,16,17,18). The molecule has 1 aromatic carbocycles. The Balaban J connectivity index is 2.34. The van der Waals surface area contributed by atoms with Crippen molar-refractivity contribution in [1.29, 1.82) is 0 Å². The molecule has 1 fully saturated rings. The first-order chi connectivity index (χ1) is 8.83. The van der Waals surface area contributed by atoms with Crippen molar-refractivity contribution in [3.63, 3.8) is 0 Å². The fourth-order valence-corrected chi connectivity index (χ4v) is 2.09. The summed E-state index contributed by atoms with van der Waals surface area (Å²) in [5, 5.41) is 4.90. The Hall–Kier alpha value is -2.04. The summed E-state index contributed by atoms with van der Waals surface area (Å²) in [5.41, 5.74) is 0.656. The van der Waals surface area contributed by atoms with E-state index in [2.05, 4.69) is 10.6 Å². The lowest BCUT2D eigenvalue weighted by atomic mass is 9.91. The van der Waals surface area contributed by atoms with Gasteiger partial charge in [-0.05, 0) is 51.0 Å². The third-order valence-corrected chi connectivity index (χ3v) is 3.16. The number of aryl methyl sites for hydroxylation is 1. The Morgan fingerprint density at radius 3 is 2.42 bits per heavy atom. The number of ether oxygens (including phenoxy) is 1. The molecule has 1 aliphatic rings. The van der Waals surface area contributed by atoms with Gasteiger partial charge in [-0.1, -0.05) is 6.07 Å². The quantitative estimate of drug-likeness (QED) is 0.817. The number of carbonyl (C=O) groups is 2. The zero-order valence-electron chi connectivity index (χ0n) is 11.5. The van der Waals surface area contributed by atoms with E-state index in [4.69, 9.17) is 4.74 Å². The Bertz CT molecular complexity index is 539. The summed E-state index contributed by atoms with van der Waals surface area (Å²) in [6.45, 7) is 7.52. The number of hydrogen-bond acceptors (Lipinski definition) is 3. The number of hydrogen-bond donors (Lipinski definition) is 2. The van der Waals surface area contributed by atoms with Crippen LogP contribution in [0.1, 0.15) is 31.9 Å². The predicted molar refractivity (Wildman–Crippen MR) is 71.0 cm³/mol. The van der Waals surface area contributed by atoms with E-state index in [9.17, 15) is 9.59 Å². The fraction of sp³-hybridized carbons (Fsp3) is 0.429. The monoisotopic (exact) mass is 262 g/mol. The number of carbonyl (C=O) groups excluding carboxylic acids is 2. The van der Waals surface area contributed by atoms with E-state index in [1.807, 2.05) is 32.9 Å². The van der Waals surface area contributed by atoms with Crippen molar-refractivity contribution in [3.05, 3.63) is 29.3 Å². The lowest BCUT2D eigenvalue weighted by Gasteiger charge is -2.22. The van der Waals surface area contributed by atoms with E-state index in [-0.39, 0.29) is 12.0 Å². The first-order valence-electron chi connectivity index (χ1n) is 6.24. The molecule has 19 heavy (non-hydrogen) atoms. The molecule has 0 spiro atoms. The van der Waals surface area contributed by atoms with Gasteiger partial charge in [0.2, 0.25) is 0 Å². The minimum absolute atomic E-state index is 0.0922. The second-order valence-corrected chi connectivity index (χ2v) is 5.18. The van der Waals surface area contributed by atoms with Crippen LogP contribution < -0.4 is 15.4 Å². The number of amides is 3. The summed E-state index contributed by atoms with van der Waals surface area (Å²) in [6.07, 6.45) is 0.0922. The maximum Gasteiger partial charge on any atom is 0.322 e. The molecule has 5 heteroatoms. The lowest BCUT2D eigenvalue weighted by Crippen LogP contribution is -2.40. The Morgan fingerprint density at radius 1 is 1.26 bits per heavy atom. The van der Waals surface area contributed by atoms with Crippen LogP contribution in [0.5, 0.6) is 5.75 Å². The highest BCUT2D eigenvalue weighted by Gasteiger charge is 2.43. The van der Waals surface area contributed by atoms with Gasteiger partial charge in [-0.2, -0.15) is 0 Å². The van der Waals surface area contributed by atoms with Crippen LogP contribution in [0, 0.1) is 6.92 Å². The number of urea groups is 1. The van der Waals surface area contributed by atoms with Gasteiger partial charge in [0, 0.05) is 0 Å². The highest BCUT2D eigenvalue weighted by Crippen LogP contribution is 2.29. The number of benzene rings is 1. The molecule has 1 heterocycles. The third-order valence-electron chi connectivity index (χ3n) is 3.16. The van der Waals surface area contributed by atoms with Crippen LogP contribution in [-0.4, -0.2) is 18.0 Å². The van der Waals surface area contributed by atoms with E-state index < -0.39 is 11.6 Å². The zero-order chi connectivity index (χ0) is 14.2. The summed E-state index contributed by atoms with van der Waals surface area (Å²) >= 11 is 0. The van der Waals surface area contributed by atoms with Crippen molar-refractivity contribution in [1.82, 2.24) is 10.6 Å². The lowest BCUT2D eigenvalue weighted by molar-refractivity contribution is -0.123. The van der Waals surface area contributed by atoms with Crippen molar-refractivity contribution >= 4 is 11.9 Å². The maximum absolute atomic E-state index is 11.9. The fourth-order valence-electron chi connectivity index (χ4n) is 2.09. The molecule has 0 aromatic heterocycles. The molecule has 1 atom stereocenters. The summed E-state index contributed by atoms with van der Waals surface area (Å²) in [6, 6.07) is 5.03. The van der Waals surface area contributed by atoms with Gasteiger partial charge >= 0.3 is 6.03 Å². The molecule has 1 unspecified atom stereocenters. The van der Waals surface area contributed by atoms with Crippen LogP contribution in [0.15, 0.2) is 18.2 Å². The van der Waals surface area contributed by atoms with E-state index in [0.717, 1.165) is 16.9 Å². The van der Waals surface area contributed by atoms with Gasteiger partial charge in [0.15, 0.2) is 0 Å². The molecular formula is C14H18N2O3. The topological polar surface area (TPSA) is 67.4 Å². The van der Waals surface area contributed by atoms with Gasteiger partial charge in [0.05, 0.1) is 6.10 Å². The summed E-state index contributed by atoms with van der Waals surface area (Å²) in [7, 11) is 0. The summed E-state index contributed by atoms with van der Waals surface area (Å²) < 4.78 is 5.66. The molecule has 0 aliphatic carbocycles. The normalized spacial score (nSPS) is 22.4. The van der Waals surface area contributed by atoms with Crippen molar-refractivity contribution < 1.29 is 14.3 Å². The minimum atomic E-state index is -1.02. The minimum Gasteiger partial charge on any atom is -0.491 e. The van der Waals surface area contributed by atoms with Gasteiger partial charge in [0.25, 0.3) is 5.91 Å². The van der Waals surface area contributed by atoms with Crippen LogP contribution in [0.2, 0.25) is 0 Å². The maximum atomic E-state index is 11.9. The molecule has 1 saturated heterocycles. The Morgan fingerprint density at radius 2 is 1.95 bits per heavy atom. The third kappa shape index (κ3) is 2.41. The molecule has 0 radical (unpaired) electrons. The Kier molecular flexibility index (Phi) is 3.22. The van der Waals surface area contributed by atoms with E-state index in [0.29, 0.717) is 0 Å². The Labute approximate surface area is 112 Å². The predicted octanol–water partition coefficient (Wildman–Crippen LogP) is 1.84. The van der Waals surface area contributed by atoms with E-state index >= 15 is 0 Å². The summed E-state index contributed by atoms with van der Waals surface area (Å²) in [4.78, 5) is 23.1. The molecule has 1 aliphatic heterocycles. The van der Waals surface area contributed by atoms with Crippen LogP contribution in [0.4, 0.5) is 4.79 Å². The van der Waals surface area contributed by atoms with Crippen molar-refractivity contribution in [2.24, 2.45) is 0 Å². The molecule has 1 aromatic rings. The van der Waals surface area contributed by atoms with E-state index in [1.54, 1.807) is 13.0 Å². The van der Waals surface area contributed by atoms with Gasteiger partial charge < -0.3 is 10.1 Å². The molecule has 3 amide bonds.